The summed E-state index contributed by atoms with van der Waals surface area (Å²) >= 11 is 0. The van der Waals surface area contributed by atoms with Crippen LogP contribution in [0.5, 0.6) is 0 Å². The molecule has 1 unspecified atom stereocenters. The molecule has 1 aromatic rings. The van der Waals surface area contributed by atoms with Crippen molar-refractivity contribution in [2.45, 2.75) is 19.1 Å². The summed E-state index contributed by atoms with van der Waals surface area (Å²) in [5, 5.41) is 0. The molecule has 0 aliphatic heterocycles. The van der Waals surface area contributed by atoms with Crippen LogP contribution in [0, 0.1) is 0 Å². The van der Waals surface area contributed by atoms with Crippen molar-refractivity contribution in [3.05, 3.63) is 35.9 Å². The molecule has 2 nitrogen and oxygen atoms in total. The van der Waals surface area contributed by atoms with E-state index >= 15 is 0 Å². The van der Waals surface area contributed by atoms with E-state index in [-0.39, 0.29) is 0 Å². The fourth-order valence-corrected chi connectivity index (χ4v) is 1.07. The van der Waals surface area contributed by atoms with Crippen LogP contribution in [-0.2, 0) is 11.2 Å². The van der Waals surface area contributed by atoms with E-state index in [1.807, 2.05) is 37.3 Å². The predicted molar refractivity (Wildman–Crippen MR) is 49.7 cm³/mol. The van der Waals surface area contributed by atoms with Crippen molar-refractivity contribution in [3.8, 4) is 0 Å². The van der Waals surface area contributed by atoms with Gasteiger partial charge in [0.15, 0.2) is 0 Å². The predicted octanol–water partition coefficient (Wildman–Crippen LogP) is 1.55. The molecule has 0 amide bonds. The van der Waals surface area contributed by atoms with E-state index in [0.29, 0.717) is 0 Å². The van der Waals surface area contributed by atoms with Gasteiger partial charge in [-0.3, -0.25) is 0 Å². The minimum Gasteiger partial charge on any atom is -0.364 e. The lowest BCUT2D eigenvalue weighted by molar-refractivity contribution is 0.0121. The van der Waals surface area contributed by atoms with E-state index in [9.17, 15) is 0 Å². The summed E-state index contributed by atoms with van der Waals surface area (Å²) in [6.45, 7) is 1.88. The monoisotopic (exact) mass is 165 g/mol. The molecule has 0 radical (unpaired) electrons. The molecule has 0 aromatic heterocycles. The highest BCUT2D eigenvalue weighted by atomic mass is 16.5. The molecule has 0 spiro atoms. The molecule has 1 atom stereocenters. The molecule has 0 aliphatic carbocycles. The Morgan fingerprint density at radius 2 is 1.92 bits per heavy atom. The molecule has 2 N–H and O–H groups in total. The molecule has 1 rings (SSSR count). The minimum atomic E-state index is -0.554. The standard InChI is InChI=1S/C10H15NO/c1-10(11,12-2)8-9-6-4-3-5-7-9/h3-7H,8,11H2,1-2H3. The molecular formula is C10H15NO. The van der Waals surface area contributed by atoms with Gasteiger partial charge in [-0.15, -0.1) is 0 Å². The van der Waals surface area contributed by atoms with Crippen LogP contribution in [-0.4, -0.2) is 12.8 Å². The molecule has 0 saturated carbocycles. The number of ether oxygens (including phenoxy) is 1. The van der Waals surface area contributed by atoms with Gasteiger partial charge in [-0.25, -0.2) is 0 Å². The highest BCUT2D eigenvalue weighted by Crippen LogP contribution is 2.10. The van der Waals surface area contributed by atoms with Gasteiger partial charge in [0.2, 0.25) is 0 Å². The molecule has 0 bridgehead atoms. The summed E-state index contributed by atoms with van der Waals surface area (Å²) in [7, 11) is 1.63. The van der Waals surface area contributed by atoms with Crippen molar-refractivity contribution >= 4 is 0 Å². The van der Waals surface area contributed by atoms with Crippen molar-refractivity contribution in [3.63, 3.8) is 0 Å². The third-order valence-electron chi connectivity index (χ3n) is 1.86. The van der Waals surface area contributed by atoms with Crippen LogP contribution in [0.4, 0.5) is 0 Å². The third-order valence-corrected chi connectivity index (χ3v) is 1.86. The zero-order chi connectivity index (χ0) is 9.03. The lowest BCUT2D eigenvalue weighted by Crippen LogP contribution is -2.40. The quantitative estimate of drug-likeness (QED) is 0.690. The maximum Gasteiger partial charge on any atom is 0.117 e. The Hall–Kier alpha value is -0.860. The fraction of sp³-hybridized carbons (Fsp3) is 0.400. The first kappa shape index (κ1) is 9.23. The van der Waals surface area contributed by atoms with Gasteiger partial charge in [0.25, 0.3) is 0 Å². The van der Waals surface area contributed by atoms with Crippen molar-refractivity contribution < 1.29 is 4.74 Å². The Balaban J connectivity index is 2.64. The van der Waals surface area contributed by atoms with E-state index < -0.39 is 5.72 Å². The average molecular weight is 165 g/mol. The maximum atomic E-state index is 5.83. The van der Waals surface area contributed by atoms with Crippen LogP contribution < -0.4 is 5.73 Å². The zero-order valence-corrected chi connectivity index (χ0v) is 7.58. The van der Waals surface area contributed by atoms with E-state index in [1.54, 1.807) is 7.11 Å². The highest BCUT2D eigenvalue weighted by molar-refractivity contribution is 5.16. The summed E-state index contributed by atoms with van der Waals surface area (Å²) in [5.74, 6) is 0. The number of nitrogens with two attached hydrogens (primary N) is 1. The Kier molecular flexibility index (Phi) is 2.84. The van der Waals surface area contributed by atoms with Gasteiger partial charge in [-0.05, 0) is 12.5 Å². The van der Waals surface area contributed by atoms with E-state index in [4.69, 9.17) is 10.5 Å². The zero-order valence-electron chi connectivity index (χ0n) is 7.58. The van der Waals surface area contributed by atoms with E-state index in [0.717, 1.165) is 6.42 Å². The summed E-state index contributed by atoms with van der Waals surface area (Å²) in [4.78, 5) is 0. The second-order valence-electron chi connectivity index (χ2n) is 3.18. The summed E-state index contributed by atoms with van der Waals surface area (Å²) in [5.41, 5.74) is 6.47. The van der Waals surface area contributed by atoms with E-state index in [2.05, 4.69) is 0 Å². The third kappa shape index (κ3) is 2.64. The number of rotatable bonds is 3. The van der Waals surface area contributed by atoms with Gasteiger partial charge in [0, 0.05) is 13.5 Å². The molecule has 12 heavy (non-hydrogen) atoms. The van der Waals surface area contributed by atoms with Gasteiger partial charge in [-0.2, -0.15) is 0 Å². The molecule has 0 heterocycles. The lowest BCUT2D eigenvalue weighted by Gasteiger charge is -2.22. The van der Waals surface area contributed by atoms with Crippen LogP contribution in [0.1, 0.15) is 12.5 Å². The lowest BCUT2D eigenvalue weighted by atomic mass is 10.1. The first-order valence-corrected chi connectivity index (χ1v) is 4.02. The number of benzene rings is 1. The van der Waals surface area contributed by atoms with Crippen molar-refractivity contribution in [1.29, 1.82) is 0 Å². The summed E-state index contributed by atoms with van der Waals surface area (Å²) in [6.07, 6.45) is 0.740. The normalized spacial score (nSPS) is 15.6. The van der Waals surface area contributed by atoms with Crippen LogP contribution in [0.3, 0.4) is 0 Å². The number of hydrogen-bond acceptors (Lipinski definition) is 2. The summed E-state index contributed by atoms with van der Waals surface area (Å²) in [6, 6.07) is 10.1. The second kappa shape index (κ2) is 3.70. The highest BCUT2D eigenvalue weighted by Gasteiger charge is 2.16. The van der Waals surface area contributed by atoms with Crippen LogP contribution >= 0.6 is 0 Å². The molecule has 0 fully saturated rings. The van der Waals surface area contributed by atoms with Gasteiger partial charge in [-0.1, -0.05) is 30.3 Å². The Morgan fingerprint density at radius 1 is 1.33 bits per heavy atom. The molecule has 2 heteroatoms. The topological polar surface area (TPSA) is 35.2 Å². The Bertz CT molecular complexity index is 231. The molecular weight excluding hydrogens is 150 g/mol. The first-order valence-electron chi connectivity index (χ1n) is 4.02. The van der Waals surface area contributed by atoms with Gasteiger partial charge < -0.3 is 10.5 Å². The number of hydrogen-bond donors (Lipinski definition) is 1. The van der Waals surface area contributed by atoms with E-state index in [1.165, 1.54) is 5.56 Å². The summed E-state index contributed by atoms with van der Waals surface area (Å²) < 4.78 is 5.12. The van der Waals surface area contributed by atoms with Crippen molar-refractivity contribution in [2.24, 2.45) is 5.73 Å². The van der Waals surface area contributed by atoms with Crippen LogP contribution in [0.15, 0.2) is 30.3 Å². The smallest absolute Gasteiger partial charge is 0.117 e. The van der Waals surface area contributed by atoms with Gasteiger partial charge in [0.1, 0.15) is 5.72 Å². The maximum absolute atomic E-state index is 5.83. The fourth-order valence-electron chi connectivity index (χ4n) is 1.07. The molecule has 0 aliphatic rings. The van der Waals surface area contributed by atoms with Gasteiger partial charge in [0.05, 0.1) is 0 Å². The SMILES string of the molecule is COC(C)(N)Cc1ccccc1. The molecule has 0 saturated heterocycles. The molecule has 66 valence electrons. The largest absolute Gasteiger partial charge is 0.364 e. The second-order valence-corrected chi connectivity index (χ2v) is 3.18. The first-order chi connectivity index (χ1) is 5.64. The molecule has 1 aromatic carbocycles. The van der Waals surface area contributed by atoms with Crippen LogP contribution in [0.25, 0.3) is 0 Å². The van der Waals surface area contributed by atoms with Gasteiger partial charge >= 0.3 is 0 Å². The average Bonchev–Trinajstić information content (AvgIpc) is 2.06. The van der Waals surface area contributed by atoms with Crippen molar-refractivity contribution in [1.82, 2.24) is 0 Å². The number of methoxy groups -OCH3 is 1. The van der Waals surface area contributed by atoms with Crippen LogP contribution in [0.2, 0.25) is 0 Å². The Morgan fingerprint density at radius 3 is 2.42 bits per heavy atom. The minimum absolute atomic E-state index is 0.554. The van der Waals surface area contributed by atoms with Crippen molar-refractivity contribution in [2.75, 3.05) is 7.11 Å². The Labute approximate surface area is 73.3 Å².